The van der Waals surface area contributed by atoms with Gasteiger partial charge in [-0.25, -0.2) is 5.43 Å². The first-order chi connectivity index (χ1) is 12.7. The summed E-state index contributed by atoms with van der Waals surface area (Å²) in [6, 6.07) is 19.3. The van der Waals surface area contributed by atoms with Crippen molar-refractivity contribution in [3.63, 3.8) is 0 Å². The minimum Gasteiger partial charge on any atom is -0.271 e. The summed E-state index contributed by atoms with van der Waals surface area (Å²) in [7, 11) is 0. The van der Waals surface area contributed by atoms with E-state index in [0.717, 1.165) is 16.7 Å². The van der Waals surface area contributed by atoms with Crippen molar-refractivity contribution in [3.05, 3.63) is 71.8 Å². The zero-order valence-corrected chi connectivity index (χ0v) is 14.3. The van der Waals surface area contributed by atoms with Crippen LogP contribution in [0.2, 0.25) is 0 Å². The van der Waals surface area contributed by atoms with Gasteiger partial charge in [0.2, 0.25) is 5.82 Å². The van der Waals surface area contributed by atoms with Gasteiger partial charge in [-0.2, -0.15) is 9.90 Å². The van der Waals surface area contributed by atoms with Crippen molar-refractivity contribution in [2.75, 3.05) is 0 Å². The molecule has 0 radical (unpaired) electrons. The van der Waals surface area contributed by atoms with Crippen molar-refractivity contribution in [1.29, 1.82) is 0 Å². The van der Waals surface area contributed by atoms with Gasteiger partial charge in [0, 0.05) is 5.56 Å². The average Bonchev–Trinajstić information content (AvgIpc) is 3.11. The molecule has 0 saturated carbocycles. The molecule has 2 aromatic carbocycles. The van der Waals surface area contributed by atoms with E-state index in [1.807, 2.05) is 73.7 Å². The highest BCUT2D eigenvalue weighted by Gasteiger charge is 2.08. The standard InChI is InChI=1S/C19H18N6O/c1-15(12-16-8-4-2-5-9-16)13-20-21-18(26)14-25-23-19(22-24-25)17-10-6-3-7-11-17/h2-13H,14H2,1H3,(H,21,26)/b15-12+,20-13+. The summed E-state index contributed by atoms with van der Waals surface area (Å²) in [6.07, 6.45) is 3.57. The number of allylic oxidation sites excluding steroid dienone is 1. The van der Waals surface area contributed by atoms with E-state index < -0.39 is 0 Å². The Morgan fingerprint density at radius 1 is 1.12 bits per heavy atom. The number of hydrogen-bond donors (Lipinski definition) is 1. The molecule has 0 spiro atoms. The van der Waals surface area contributed by atoms with Gasteiger partial charge in [0.15, 0.2) is 0 Å². The molecule has 1 amide bonds. The molecule has 0 saturated heterocycles. The normalized spacial score (nSPS) is 11.7. The number of amides is 1. The van der Waals surface area contributed by atoms with Crippen LogP contribution in [-0.4, -0.2) is 32.3 Å². The molecular weight excluding hydrogens is 328 g/mol. The molecule has 0 aliphatic carbocycles. The Morgan fingerprint density at radius 2 is 1.81 bits per heavy atom. The predicted octanol–water partition coefficient (Wildman–Crippen LogP) is 2.55. The molecule has 0 atom stereocenters. The van der Waals surface area contributed by atoms with E-state index in [1.54, 1.807) is 6.21 Å². The van der Waals surface area contributed by atoms with E-state index >= 15 is 0 Å². The van der Waals surface area contributed by atoms with Crippen molar-refractivity contribution in [2.24, 2.45) is 5.10 Å². The predicted molar refractivity (Wildman–Crippen MR) is 100.0 cm³/mol. The largest absolute Gasteiger partial charge is 0.271 e. The van der Waals surface area contributed by atoms with E-state index in [2.05, 4.69) is 25.9 Å². The number of carbonyl (C=O) groups is 1. The number of tetrazole rings is 1. The number of nitrogens with one attached hydrogen (secondary N) is 1. The van der Waals surface area contributed by atoms with Gasteiger partial charge < -0.3 is 0 Å². The number of carbonyl (C=O) groups excluding carboxylic acids is 1. The van der Waals surface area contributed by atoms with Gasteiger partial charge in [0.25, 0.3) is 5.91 Å². The fourth-order valence-electron chi connectivity index (χ4n) is 2.23. The molecule has 0 bridgehead atoms. The molecule has 0 unspecified atom stereocenters. The van der Waals surface area contributed by atoms with Crippen LogP contribution in [0.1, 0.15) is 12.5 Å². The first-order valence-corrected chi connectivity index (χ1v) is 8.09. The lowest BCUT2D eigenvalue weighted by Gasteiger charge is -1.98. The second kappa shape index (κ2) is 8.48. The quantitative estimate of drug-likeness (QED) is 0.549. The summed E-state index contributed by atoms with van der Waals surface area (Å²) in [5.41, 5.74) is 5.29. The average molecular weight is 346 g/mol. The van der Waals surface area contributed by atoms with Crippen molar-refractivity contribution in [3.8, 4) is 11.4 Å². The third-order valence-corrected chi connectivity index (χ3v) is 3.42. The van der Waals surface area contributed by atoms with Crippen LogP contribution in [0.4, 0.5) is 0 Å². The fourth-order valence-corrected chi connectivity index (χ4v) is 2.23. The minimum absolute atomic E-state index is 0.0569. The van der Waals surface area contributed by atoms with Gasteiger partial charge in [0.05, 0.1) is 6.21 Å². The summed E-state index contributed by atoms with van der Waals surface area (Å²) in [4.78, 5) is 13.2. The lowest BCUT2D eigenvalue weighted by Crippen LogP contribution is -2.24. The van der Waals surface area contributed by atoms with E-state index in [-0.39, 0.29) is 12.5 Å². The summed E-state index contributed by atoms with van der Waals surface area (Å²) >= 11 is 0. The minimum atomic E-state index is -0.328. The van der Waals surface area contributed by atoms with Gasteiger partial charge in [0.1, 0.15) is 6.54 Å². The Labute approximate surface area is 151 Å². The van der Waals surface area contributed by atoms with Gasteiger partial charge in [-0.15, -0.1) is 10.2 Å². The Morgan fingerprint density at radius 3 is 2.54 bits per heavy atom. The van der Waals surface area contributed by atoms with Gasteiger partial charge in [-0.1, -0.05) is 66.7 Å². The highest BCUT2D eigenvalue weighted by molar-refractivity contribution is 5.86. The number of rotatable bonds is 6. The third-order valence-electron chi connectivity index (χ3n) is 3.42. The number of hydrazone groups is 1. The molecule has 130 valence electrons. The molecule has 1 aromatic heterocycles. The van der Waals surface area contributed by atoms with Crippen LogP contribution >= 0.6 is 0 Å². The molecule has 1 N–H and O–H groups in total. The van der Waals surface area contributed by atoms with Crippen LogP contribution < -0.4 is 5.43 Å². The van der Waals surface area contributed by atoms with E-state index in [1.165, 1.54) is 4.80 Å². The number of benzene rings is 2. The molecule has 1 heterocycles. The van der Waals surface area contributed by atoms with Crippen LogP contribution in [-0.2, 0) is 11.3 Å². The molecular formula is C19H18N6O. The zero-order chi connectivity index (χ0) is 18.2. The number of nitrogens with zero attached hydrogens (tertiary/aromatic N) is 5. The molecule has 0 aliphatic heterocycles. The van der Waals surface area contributed by atoms with Crippen molar-refractivity contribution < 1.29 is 4.79 Å². The second-order valence-corrected chi connectivity index (χ2v) is 5.60. The zero-order valence-electron chi connectivity index (χ0n) is 14.3. The fraction of sp³-hybridized carbons (Fsp3) is 0.105. The lowest BCUT2D eigenvalue weighted by atomic mass is 10.1. The molecule has 7 nitrogen and oxygen atoms in total. The van der Waals surface area contributed by atoms with Crippen LogP contribution in [0.3, 0.4) is 0 Å². The Kier molecular flexibility index (Phi) is 5.61. The molecule has 0 fully saturated rings. The summed E-state index contributed by atoms with van der Waals surface area (Å²) in [5.74, 6) is 0.148. The summed E-state index contributed by atoms with van der Waals surface area (Å²) in [6.45, 7) is 1.85. The van der Waals surface area contributed by atoms with Crippen LogP contribution in [0.15, 0.2) is 71.3 Å². The maximum absolute atomic E-state index is 11.9. The van der Waals surface area contributed by atoms with Gasteiger partial charge in [-0.05, 0) is 23.3 Å². The topological polar surface area (TPSA) is 85.1 Å². The first kappa shape index (κ1) is 17.2. The van der Waals surface area contributed by atoms with Crippen LogP contribution in [0.25, 0.3) is 17.5 Å². The summed E-state index contributed by atoms with van der Waals surface area (Å²) in [5, 5.41) is 16.0. The van der Waals surface area contributed by atoms with Crippen molar-refractivity contribution in [1.82, 2.24) is 25.6 Å². The maximum Gasteiger partial charge on any atom is 0.263 e. The Hall–Kier alpha value is -3.61. The lowest BCUT2D eigenvalue weighted by molar-refractivity contribution is -0.122. The third kappa shape index (κ3) is 4.94. The molecule has 3 aromatic rings. The Balaban J connectivity index is 1.53. The van der Waals surface area contributed by atoms with E-state index in [9.17, 15) is 4.79 Å². The highest BCUT2D eigenvalue weighted by atomic mass is 16.2. The van der Waals surface area contributed by atoms with Gasteiger partial charge >= 0.3 is 0 Å². The van der Waals surface area contributed by atoms with Gasteiger partial charge in [-0.3, -0.25) is 4.79 Å². The molecule has 0 aliphatic rings. The van der Waals surface area contributed by atoms with Crippen LogP contribution in [0, 0.1) is 0 Å². The van der Waals surface area contributed by atoms with Crippen molar-refractivity contribution in [2.45, 2.75) is 13.5 Å². The molecule has 3 rings (SSSR count). The van der Waals surface area contributed by atoms with Crippen LogP contribution in [0.5, 0.6) is 0 Å². The Bertz CT molecular complexity index is 915. The van der Waals surface area contributed by atoms with Crippen molar-refractivity contribution >= 4 is 18.2 Å². The van der Waals surface area contributed by atoms with E-state index in [0.29, 0.717) is 5.82 Å². The number of aromatic nitrogens is 4. The smallest absolute Gasteiger partial charge is 0.263 e. The van der Waals surface area contributed by atoms with E-state index in [4.69, 9.17) is 0 Å². The SMILES string of the molecule is CC(/C=N/NC(=O)Cn1nnc(-c2ccccc2)n1)=C\c1ccccc1. The first-order valence-electron chi connectivity index (χ1n) is 8.09. The molecule has 7 heteroatoms. The molecule has 26 heavy (non-hydrogen) atoms. The summed E-state index contributed by atoms with van der Waals surface area (Å²) < 4.78 is 0. The monoisotopic (exact) mass is 346 g/mol. The highest BCUT2D eigenvalue weighted by Crippen LogP contribution is 2.11. The second-order valence-electron chi connectivity index (χ2n) is 5.60. The number of hydrogen-bond acceptors (Lipinski definition) is 5. The maximum atomic E-state index is 11.9.